The maximum absolute atomic E-state index is 11.0. The molecule has 136 valence electrons. The second kappa shape index (κ2) is 7.07. The van der Waals surface area contributed by atoms with Crippen LogP contribution in [0.1, 0.15) is 28.2 Å². The molecule has 0 saturated heterocycles. The number of nitrogens with one attached hydrogen (secondary N) is 1. The van der Waals surface area contributed by atoms with Crippen LogP contribution in [0, 0.1) is 6.92 Å². The van der Waals surface area contributed by atoms with E-state index >= 15 is 0 Å². The predicted octanol–water partition coefficient (Wildman–Crippen LogP) is 4.31. The molecule has 2 heterocycles. The van der Waals surface area contributed by atoms with Gasteiger partial charge in [-0.1, -0.05) is 18.2 Å². The summed E-state index contributed by atoms with van der Waals surface area (Å²) < 4.78 is 0. The minimum absolute atomic E-state index is 0.255. The zero-order valence-corrected chi connectivity index (χ0v) is 15.0. The number of anilines is 4. The summed E-state index contributed by atoms with van der Waals surface area (Å²) in [5.41, 5.74) is 3.56. The fourth-order valence-electron chi connectivity index (χ4n) is 3.37. The van der Waals surface area contributed by atoms with Gasteiger partial charge in [-0.25, -0.2) is 14.8 Å². The van der Waals surface area contributed by atoms with Crippen molar-refractivity contribution in [3.63, 3.8) is 0 Å². The molecule has 0 saturated carbocycles. The molecule has 4 rings (SSSR count). The average Bonchev–Trinajstić information content (AvgIpc) is 2.67. The molecule has 1 aliphatic rings. The van der Waals surface area contributed by atoms with Gasteiger partial charge in [0.25, 0.3) is 0 Å². The molecule has 0 spiro atoms. The number of carbonyl (C=O) groups is 1. The Bertz CT molecular complexity index is 986. The average molecular weight is 360 g/mol. The lowest BCUT2D eigenvalue weighted by atomic mass is 10.0. The van der Waals surface area contributed by atoms with Crippen molar-refractivity contribution in [3.05, 3.63) is 71.5 Å². The van der Waals surface area contributed by atoms with Gasteiger partial charge in [0, 0.05) is 24.0 Å². The number of aromatic carboxylic acids is 1. The Morgan fingerprint density at radius 2 is 1.89 bits per heavy atom. The Morgan fingerprint density at radius 1 is 1.11 bits per heavy atom. The van der Waals surface area contributed by atoms with Crippen molar-refractivity contribution in [1.82, 2.24) is 9.97 Å². The Hall–Kier alpha value is -3.41. The van der Waals surface area contributed by atoms with E-state index in [-0.39, 0.29) is 5.56 Å². The van der Waals surface area contributed by atoms with Crippen LogP contribution in [-0.2, 0) is 6.42 Å². The Morgan fingerprint density at radius 3 is 2.67 bits per heavy atom. The predicted molar refractivity (Wildman–Crippen MR) is 105 cm³/mol. The lowest BCUT2D eigenvalue weighted by molar-refractivity contribution is 0.0697. The van der Waals surface area contributed by atoms with Crippen LogP contribution in [0.4, 0.5) is 23.0 Å². The molecule has 6 heteroatoms. The first-order valence-electron chi connectivity index (χ1n) is 8.92. The van der Waals surface area contributed by atoms with E-state index in [2.05, 4.69) is 38.4 Å². The van der Waals surface area contributed by atoms with Gasteiger partial charge in [0.05, 0.1) is 5.56 Å². The van der Waals surface area contributed by atoms with Crippen LogP contribution in [0.2, 0.25) is 0 Å². The number of benzene rings is 2. The molecule has 2 N–H and O–H groups in total. The molecule has 0 bridgehead atoms. The molecule has 2 aromatic carbocycles. The quantitative estimate of drug-likeness (QED) is 0.722. The van der Waals surface area contributed by atoms with Crippen LogP contribution in [0.5, 0.6) is 0 Å². The Balaban J connectivity index is 1.63. The van der Waals surface area contributed by atoms with Crippen LogP contribution in [0.25, 0.3) is 0 Å². The minimum Gasteiger partial charge on any atom is -0.478 e. The second-order valence-electron chi connectivity index (χ2n) is 6.55. The summed E-state index contributed by atoms with van der Waals surface area (Å²) in [6.45, 7) is 2.79. The number of aromatic nitrogens is 2. The van der Waals surface area contributed by atoms with Gasteiger partial charge >= 0.3 is 5.97 Å². The number of aryl methyl sites for hydroxylation is 2. The maximum Gasteiger partial charge on any atom is 0.335 e. The van der Waals surface area contributed by atoms with E-state index in [0.717, 1.165) is 30.9 Å². The van der Waals surface area contributed by atoms with Crippen LogP contribution in [0.3, 0.4) is 0 Å². The minimum atomic E-state index is -0.939. The molecule has 1 aliphatic heterocycles. The largest absolute Gasteiger partial charge is 0.478 e. The molecular weight excluding hydrogens is 340 g/mol. The van der Waals surface area contributed by atoms with Crippen molar-refractivity contribution in [3.8, 4) is 0 Å². The van der Waals surface area contributed by atoms with Gasteiger partial charge in [0.2, 0.25) is 0 Å². The Kier molecular flexibility index (Phi) is 4.46. The standard InChI is InChI=1S/C21H20N4O2/c1-14-22-19(24-17-10-8-16(9-11-17)21(26)27)13-20(23-14)25-12-4-6-15-5-2-3-7-18(15)25/h2-3,5,7-11,13H,4,6,12H2,1H3,(H,26,27)(H,22,23,24). The van der Waals surface area contributed by atoms with Crippen molar-refractivity contribution < 1.29 is 9.90 Å². The zero-order chi connectivity index (χ0) is 18.8. The number of para-hydroxylation sites is 1. The molecule has 0 unspecified atom stereocenters. The van der Waals surface area contributed by atoms with Crippen LogP contribution < -0.4 is 10.2 Å². The highest BCUT2D eigenvalue weighted by molar-refractivity contribution is 5.88. The summed E-state index contributed by atoms with van der Waals surface area (Å²) in [5.74, 6) is 1.29. The number of carboxylic acids is 1. The van der Waals surface area contributed by atoms with Crippen LogP contribution in [0.15, 0.2) is 54.6 Å². The van der Waals surface area contributed by atoms with Crippen molar-refractivity contribution in [2.24, 2.45) is 0 Å². The van der Waals surface area contributed by atoms with Gasteiger partial charge in [-0.3, -0.25) is 0 Å². The Labute approximate surface area is 157 Å². The topological polar surface area (TPSA) is 78.3 Å². The van der Waals surface area contributed by atoms with E-state index < -0.39 is 5.97 Å². The van der Waals surface area contributed by atoms with Crippen molar-refractivity contribution >= 4 is 29.0 Å². The number of fused-ring (bicyclic) bond motifs is 1. The summed E-state index contributed by atoms with van der Waals surface area (Å²) in [7, 11) is 0. The van der Waals surface area contributed by atoms with E-state index in [4.69, 9.17) is 5.11 Å². The summed E-state index contributed by atoms with van der Waals surface area (Å²) in [6, 6.07) is 17.0. The third kappa shape index (κ3) is 3.60. The van der Waals surface area contributed by atoms with Gasteiger partial charge in [-0.05, 0) is 55.7 Å². The third-order valence-electron chi connectivity index (χ3n) is 4.62. The van der Waals surface area contributed by atoms with E-state index in [1.54, 1.807) is 24.3 Å². The normalized spacial score (nSPS) is 13.1. The molecular formula is C21H20N4O2. The molecule has 0 radical (unpaired) electrons. The summed E-state index contributed by atoms with van der Waals surface area (Å²) >= 11 is 0. The maximum atomic E-state index is 11.0. The SMILES string of the molecule is Cc1nc(Nc2ccc(C(=O)O)cc2)cc(N2CCCc3ccccc32)n1. The fourth-order valence-corrected chi connectivity index (χ4v) is 3.37. The van der Waals surface area contributed by atoms with Gasteiger partial charge in [0.15, 0.2) is 0 Å². The lowest BCUT2D eigenvalue weighted by Gasteiger charge is -2.30. The monoisotopic (exact) mass is 360 g/mol. The number of hydrogen-bond donors (Lipinski definition) is 2. The zero-order valence-electron chi connectivity index (χ0n) is 15.0. The van der Waals surface area contributed by atoms with Gasteiger partial charge in [-0.15, -0.1) is 0 Å². The first-order chi connectivity index (χ1) is 13.1. The second-order valence-corrected chi connectivity index (χ2v) is 6.55. The van der Waals surface area contributed by atoms with E-state index in [1.807, 2.05) is 19.1 Å². The first-order valence-corrected chi connectivity index (χ1v) is 8.92. The number of carboxylic acid groups (broad SMARTS) is 1. The van der Waals surface area contributed by atoms with Gasteiger partial charge in [0.1, 0.15) is 17.5 Å². The number of nitrogens with zero attached hydrogens (tertiary/aromatic N) is 3. The van der Waals surface area contributed by atoms with Crippen molar-refractivity contribution in [2.75, 3.05) is 16.8 Å². The molecule has 1 aromatic heterocycles. The molecule has 0 atom stereocenters. The smallest absolute Gasteiger partial charge is 0.335 e. The molecule has 6 nitrogen and oxygen atoms in total. The number of rotatable bonds is 4. The van der Waals surface area contributed by atoms with Crippen molar-refractivity contribution in [1.29, 1.82) is 0 Å². The molecule has 0 amide bonds. The van der Waals surface area contributed by atoms with Crippen LogP contribution >= 0.6 is 0 Å². The highest BCUT2D eigenvalue weighted by Crippen LogP contribution is 2.33. The summed E-state index contributed by atoms with van der Waals surface area (Å²) in [4.78, 5) is 22.3. The third-order valence-corrected chi connectivity index (χ3v) is 4.62. The molecule has 0 aliphatic carbocycles. The lowest BCUT2D eigenvalue weighted by Crippen LogP contribution is -2.25. The van der Waals surface area contributed by atoms with Gasteiger partial charge < -0.3 is 15.3 Å². The summed E-state index contributed by atoms with van der Waals surface area (Å²) in [5, 5.41) is 12.3. The highest BCUT2D eigenvalue weighted by Gasteiger charge is 2.19. The number of hydrogen-bond acceptors (Lipinski definition) is 5. The first kappa shape index (κ1) is 17.0. The van der Waals surface area contributed by atoms with E-state index in [1.165, 1.54) is 11.3 Å². The summed E-state index contributed by atoms with van der Waals surface area (Å²) in [6.07, 6.45) is 2.16. The van der Waals surface area contributed by atoms with Crippen LogP contribution in [-0.4, -0.2) is 27.6 Å². The van der Waals surface area contributed by atoms with Gasteiger partial charge in [-0.2, -0.15) is 0 Å². The fraction of sp³-hybridized carbons (Fsp3) is 0.190. The molecule has 3 aromatic rings. The molecule has 0 fully saturated rings. The molecule has 27 heavy (non-hydrogen) atoms. The van der Waals surface area contributed by atoms with Crippen molar-refractivity contribution in [2.45, 2.75) is 19.8 Å². The van der Waals surface area contributed by atoms with E-state index in [9.17, 15) is 4.79 Å². The highest BCUT2D eigenvalue weighted by atomic mass is 16.4. The van der Waals surface area contributed by atoms with E-state index in [0.29, 0.717) is 11.6 Å².